The summed E-state index contributed by atoms with van der Waals surface area (Å²) in [5.74, 6) is 0.0228. The Morgan fingerprint density at radius 2 is 2.12 bits per heavy atom. The number of ether oxygens (including phenoxy) is 1. The van der Waals surface area contributed by atoms with Crippen LogP contribution in [-0.4, -0.2) is 12.1 Å². The first kappa shape index (κ1) is 11.1. The second-order valence-electron chi connectivity index (χ2n) is 3.39. The van der Waals surface area contributed by atoms with Gasteiger partial charge in [0, 0.05) is 17.8 Å². The third-order valence-electron chi connectivity index (χ3n) is 2.33. The van der Waals surface area contributed by atoms with E-state index >= 15 is 0 Å². The lowest BCUT2D eigenvalue weighted by Gasteiger charge is -2.07. The fourth-order valence-electron chi connectivity index (χ4n) is 1.52. The normalized spacial score (nSPS) is 9.71. The molecule has 0 bridgehead atoms. The lowest BCUT2D eigenvalue weighted by molar-refractivity contribution is 0.413. The van der Waals surface area contributed by atoms with Crippen molar-refractivity contribution in [3.05, 3.63) is 47.9 Å². The monoisotopic (exact) mass is 228 g/mol. The molecule has 84 valence electrons. The Balaban J connectivity index is 2.56. The molecule has 1 aromatic heterocycles. The molecule has 2 aromatic rings. The predicted octanol–water partition coefficient (Wildman–Crippen LogP) is 2.77. The quantitative estimate of drug-likeness (QED) is 0.793. The zero-order valence-corrected chi connectivity index (χ0v) is 9.14. The highest BCUT2D eigenvalue weighted by atomic mass is 19.1. The van der Waals surface area contributed by atoms with E-state index in [2.05, 4.69) is 4.98 Å². The number of pyridine rings is 1. The predicted molar refractivity (Wildman–Crippen MR) is 60.9 cm³/mol. The molecule has 17 heavy (non-hydrogen) atoms. The smallest absolute Gasteiger partial charge is 0.131 e. The van der Waals surface area contributed by atoms with Crippen LogP contribution in [0.25, 0.3) is 11.3 Å². The maximum Gasteiger partial charge on any atom is 0.131 e. The molecule has 0 aliphatic rings. The summed E-state index contributed by atoms with van der Waals surface area (Å²) >= 11 is 0. The van der Waals surface area contributed by atoms with Gasteiger partial charge < -0.3 is 4.74 Å². The molecule has 0 amide bonds. The van der Waals surface area contributed by atoms with Gasteiger partial charge in [-0.05, 0) is 24.3 Å². The number of nitriles is 1. The Bertz CT molecular complexity index is 590. The summed E-state index contributed by atoms with van der Waals surface area (Å²) in [6.45, 7) is 0. The number of rotatable bonds is 2. The summed E-state index contributed by atoms with van der Waals surface area (Å²) in [6, 6.07) is 9.48. The molecule has 3 nitrogen and oxygen atoms in total. The van der Waals surface area contributed by atoms with E-state index in [1.807, 2.05) is 6.07 Å². The van der Waals surface area contributed by atoms with Crippen LogP contribution in [0, 0.1) is 17.1 Å². The molecule has 0 spiro atoms. The van der Waals surface area contributed by atoms with Crippen LogP contribution in [0.4, 0.5) is 4.39 Å². The molecule has 0 N–H and O–H groups in total. The zero-order chi connectivity index (χ0) is 12.3. The van der Waals surface area contributed by atoms with Gasteiger partial charge in [0.15, 0.2) is 0 Å². The number of hydrogen-bond donors (Lipinski definition) is 0. The fraction of sp³-hybridized carbons (Fsp3) is 0.0769. The number of aromatic nitrogens is 1. The molecular weight excluding hydrogens is 219 g/mol. The van der Waals surface area contributed by atoms with E-state index in [-0.39, 0.29) is 5.82 Å². The van der Waals surface area contributed by atoms with Crippen molar-refractivity contribution in [2.24, 2.45) is 0 Å². The van der Waals surface area contributed by atoms with Crippen molar-refractivity contribution in [2.75, 3.05) is 7.11 Å². The highest BCUT2D eigenvalue weighted by Gasteiger charge is 2.08. The first-order valence-corrected chi connectivity index (χ1v) is 4.94. The van der Waals surface area contributed by atoms with Gasteiger partial charge in [0.1, 0.15) is 11.6 Å². The molecule has 0 unspecified atom stereocenters. The Morgan fingerprint density at radius 1 is 1.29 bits per heavy atom. The van der Waals surface area contributed by atoms with Crippen LogP contribution in [0.5, 0.6) is 5.75 Å². The molecule has 0 aliphatic carbocycles. The van der Waals surface area contributed by atoms with Gasteiger partial charge in [-0.2, -0.15) is 5.26 Å². The van der Waals surface area contributed by atoms with Crippen LogP contribution in [0.2, 0.25) is 0 Å². The van der Waals surface area contributed by atoms with Crippen molar-refractivity contribution in [1.82, 2.24) is 4.98 Å². The summed E-state index contributed by atoms with van der Waals surface area (Å²) in [5.41, 5.74) is 1.74. The minimum Gasteiger partial charge on any atom is -0.496 e. The SMILES string of the molecule is COc1cc(F)ccc1-c1cc(C#N)ccn1. The molecule has 0 saturated carbocycles. The van der Waals surface area contributed by atoms with Crippen LogP contribution >= 0.6 is 0 Å². The number of halogens is 1. The minimum absolute atomic E-state index is 0.373. The van der Waals surface area contributed by atoms with Gasteiger partial charge in [-0.25, -0.2) is 4.39 Å². The molecule has 1 heterocycles. The van der Waals surface area contributed by atoms with Crippen molar-refractivity contribution in [2.45, 2.75) is 0 Å². The molecule has 0 aliphatic heterocycles. The summed E-state index contributed by atoms with van der Waals surface area (Å²) in [4.78, 5) is 4.14. The van der Waals surface area contributed by atoms with Gasteiger partial charge in [0.25, 0.3) is 0 Å². The van der Waals surface area contributed by atoms with Crippen LogP contribution in [0.3, 0.4) is 0 Å². The maximum atomic E-state index is 13.0. The topological polar surface area (TPSA) is 45.9 Å². The van der Waals surface area contributed by atoms with E-state index in [0.29, 0.717) is 22.6 Å². The number of nitrogens with zero attached hydrogens (tertiary/aromatic N) is 2. The van der Waals surface area contributed by atoms with Gasteiger partial charge >= 0.3 is 0 Å². The molecule has 2 rings (SSSR count). The molecule has 0 fully saturated rings. The second kappa shape index (κ2) is 4.62. The van der Waals surface area contributed by atoms with Gasteiger partial charge in [-0.15, -0.1) is 0 Å². The molecule has 1 aromatic carbocycles. The molecular formula is C13H9FN2O. The van der Waals surface area contributed by atoms with Crippen molar-refractivity contribution in [3.63, 3.8) is 0 Å². The van der Waals surface area contributed by atoms with Crippen LogP contribution < -0.4 is 4.74 Å². The molecule has 4 heteroatoms. The zero-order valence-electron chi connectivity index (χ0n) is 9.14. The lowest BCUT2D eigenvalue weighted by atomic mass is 10.1. The summed E-state index contributed by atoms with van der Waals surface area (Å²) in [5, 5.41) is 8.81. The van der Waals surface area contributed by atoms with Gasteiger partial charge in [-0.3, -0.25) is 4.98 Å². The van der Waals surface area contributed by atoms with Gasteiger partial charge in [-0.1, -0.05) is 0 Å². The molecule has 0 radical (unpaired) electrons. The summed E-state index contributed by atoms with van der Waals surface area (Å²) < 4.78 is 18.1. The lowest BCUT2D eigenvalue weighted by Crippen LogP contribution is -1.91. The maximum absolute atomic E-state index is 13.0. The highest BCUT2D eigenvalue weighted by Crippen LogP contribution is 2.29. The molecule has 0 saturated heterocycles. The van der Waals surface area contributed by atoms with E-state index < -0.39 is 0 Å². The highest BCUT2D eigenvalue weighted by molar-refractivity contribution is 5.68. The Hall–Kier alpha value is -2.41. The van der Waals surface area contributed by atoms with Crippen LogP contribution in [0.15, 0.2) is 36.5 Å². The van der Waals surface area contributed by atoms with E-state index in [9.17, 15) is 4.39 Å². The third kappa shape index (κ3) is 2.23. The van der Waals surface area contributed by atoms with Crippen molar-refractivity contribution < 1.29 is 9.13 Å². The second-order valence-corrected chi connectivity index (χ2v) is 3.39. The van der Waals surface area contributed by atoms with Crippen molar-refractivity contribution >= 4 is 0 Å². The fourth-order valence-corrected chi connectivity index (χ4v) is 1.52. The summed E-state index contributed by atoms with van der Waals surface area (Å²) in [6.07, 6.45) is 1.54. The largest absolute Gasteiger partial charge is 0.496 e. The van der Waals surface area contributed by atoms with E-state index in [4.69, 9.17) is 10.00 Å². The first-order valence-electron chi connectivity index (χ1n) is 4.94. The van der Waals surface area contributed by atoms with Crippen molar-refractivity contribution in [3.8, 4) is 23.1 Å². The van der Waals surface area contributed by atoms with Gasteiger partial charge in [0.05, 0.1) is 24.4 Å². The van der Waals surface area contributed by atoms with Crippen molar-refractivity contribution in [1.29, 1.82) is 5.26 Å². The number of benzene rings is 1. The third-order valence-corrected chi connectivity index (χ3v) is 2.33. The average molecular weight is 228 g/mol. The van der Waals surface area contributed by atoms with Crippen LogP contribution in [0.1, 0.15) is 5.56 Å². The minimum atomic E-state index is -0.373. The Labute approximate surface area is 98.1 Å². The van der Waals surface area contributed by atoms with Gasteiger partial charge in [0.2, 0.25) is 0 Å². The Kier molecular flexibility index (Phi) is 3.01. The average Bonchev–Trinajstić information content (AvgIpc) is 2.38. The first-order chi connectivity index (χ1) is 8.24. The van der Waals surface area contributed by atoms with E-state index in [1.54, 1.807) is 18.2 Å². The number of hydrogen-bond acceptors (Lipinski definition) is 3. The Morgan fingerprint density at radius 3 is 2.82 bits per heavy atom. The molecule has 0 atom stereocenters. The summed E-state index contributed by atoms with van der Waals surface area (Å²) in [7, 11) is 1.46. The van der Waals surface area contributed by atoms with E-state index in [1.165, 1.54) is 25.4 Å². The van der Waals surface area contributed by atoms with Crippen LogP contribution in [-0.2, 0) is 0 Å². The van der Waals surface area contributed by atoms with E-state index in [0.717, 1.165) is 0 Å². The number of methoxy groups -OCH3 is 1. The standard InChI is InChI=1S/C13H9FN2O/c1-17-13-7-10(14)2-3-11(13)12-6-9(8-15)4-5-16-12/h2-7H,1H3.